The van der Waals surface area contributed by atoms with Gasteiger partial charge in [0.15, 0.2) is 5.13 Å². The van der Waals surface area contributed by atoms with Crippen LogP contribution in [-0.2, 0) is 11.2 Å². The second-order valence-corrected chi connectivity index (χ2v) is 8.03. The van der Waals surface area contributed by atoms with Crippen LogP contribution in [0.1, 0.15) is 30.2 Å². The smallest absolute Gasteiger partial charge is 0.229 e. The van der Waals surface area contributed by atoms with Gasteiger partial charge in [-0.15, -0.1) is 11.3 Å². The molecular weight excluding hydrogens is 374 g/mol. The van der Waals surface area contributed by atoms with Gasteiger partial charge in [0.25, 0.3) is 0 Å². The fourth-order valence-corrected chi connectivity index (χ4v) is 3.94. The number of nitrogens with zero attached hydrogens (tertiary/aromatic N) is 1. The second kappa shape index (κ2) is 7.55. The molecule has 0 saturated carbocycles. The SMILES string of the molecule is C[C@H]1C[C@@H](C(=O)Nc2ncc(Cc3ccc(Br)cc3)s2)CCN1. The number of hydrogen-bond acceptors (Lipinski definition) is 4. The van der Waals surface area contributed by atoms with E-state index in [1.54, 1.807) is 11.3 Å². The predicted molar refractivity (Wildman–Crippen MR) is 97.9 cm³/mol. The minimum absolute atomic E-state index is 0.0880. The van der Waals surface area contributed by atoms with E-state index >= 15 is 0 Å². The average Bonchev–Trinajstić information content (AvgIpc) is 2.96. The van der Waals surface area contributed by atoms with Gasteiger partial charge < -0.3 is 10.6 Å². The van der Waals surface area contributed by atoms with Gasteiger partial charge in [-0.25, -0.2) is 4.98 Å². The van der Waals surface area contributed by atoms with Crippen LogP contribution in [0.3, 0.4) is 0 Å². The van der Waals surface area contributed by atoms with Gasteiger partial charge in [-0.3, -0.25) is 4.79 Å². The summed E-state index contributed by atoms with van der Waals surface area (Å²) in [6.07, 6.45) is 4.48. The molecule has 1 aromatic heterocycles. The number of carbonyl (C=O) groups is 1. The summed E-state index contributed by atoms with van der Waals surface area (Å²) in [6, 6.07) is 8.68. The molecule has 0 aliphatic carbocycles. The predicted octanol–water partition coefficient (Wildman–Crippen LogP) is 3.82. The van der Waals surface area contributed by atoms with Crippen molar-refractivity contribution in [3.8, 4) is 0 Å². The molecule has 0 unspecified atom stereocenters. The Morgan fingerprint density at radius 3 is 2.96 bits per heavy atom. The average molecular weight is 394 g/mol. The van der Waals surface area contributed by atoms with Gasteiger partial charge in [0.05, 0.1) is 0 Å². The number of benzene rings is 1. The minimum Gasteiger partial charge on any atom is -0.314 e. The topological polar surface area (TPSA) is 54.0 Å². The van der Waals surface area contributed by atoms with Gasteiger partial charge >= 0.3 is 0 Å². The standard InChI is InChI=1S/C17H20BrN3OS/c1-11-8-13(6-7-19-11)16(22)21-17-20-10-15(23-17)9-12-2-4-14(18)5-3-12/h2-5,10-11,13,19H,6-9H2,1H3,(H,20,21,22)/t11-,13-/m0/s1. The summed E-state index contributed by atoms with van der Waals surface area (Å²) in [4.78, 5) is 17.8. The number of halogens is 1. The van der Waals surface area contributed by atoms with Crippen LogP contribution in [0.15, 0.2) is 34.9 Å². The Balaban J connectivity index is 1.58. The van der Waals surface area contributed by atoms with Crippen LogP contribution in [0.25, 0.3) is 0 Å². The van der Waals surface area contributed by atoms with E-state index in [4.69, 9.17) is 0 Å². The highest BCUT2D eigenvalue weighted by Crippen LogP contribution is 2.24. The van der Waals surface area contributed by atoms with Crippen LogP contribution in [0.5, 0.6) is 0 Å². The number of anilines is 1. The number of rotatable bonds is 4. The van der Waals surface area contributed by atoms with Crippen LogP contribution in [0.2, 0.25) is 0 Å². The van der Waals surface area contributed by atoms with E-state index in [0.29, 0.717) is 11.2 Å². The van der Waals surface area contributed by atoms with Crippen molar-refractivity contribution in [3.05, 3.63) is 45.4 Å². The molecule has 6 heteroatoms. The highest BCUT2D eigenvalue weighted by Gasteiger charge is 2.25. The third-order valence-corrected chi connectivity index (χ3v) is 5.51. The number of carbonyl (C=O) groups excluding carboxylic acids is 1. The molecule has 2 N–H and O–H groups in total. The molecule has 1 fully saturated rings. The zero-order chi connectivity index (χ0) is 16.2. The molecule has 4 nitrogen and oxygen atoms in total. The molecule has 1 saturated heterocycles. The Labute approximate surface area is 148 Å². The molecule has 0 spiro atoms. The molecule has 1 aliphatic heterocycles. The number of piperidine rings is 1. The lowest BCUT2D eigenvalue weighted by molar-refractivity contribution is -0.120. The Kier molecular flexibility index (Phi) is 5.46. The Morgan fingerprint density at radius 1 is 1.43 bits per heavy atom. The summed E-state index contributed by atoms with van der Waals surface area (Å²) in [5.74, 6) is 0.188. The molecule has 1 aromatic carbocycles. The monoisotopic (exact) mass is 393 g/mol. The lowest BCUT2D eigenvalue weighted by atomic mass is 9.93. The summed E-state index contributed by atoms with van der Waals surface area (Å²) >= 11 is 5.00. The highest BCUT2D eigenvalue weighted by atomic mass is 79.9. The van der Waals surface area contributed by atoms with E-state index in [0.717, 1.165) is 35.2 Å². The third-order valence-electron chi connectivity index (χ3n) is 4.07. The van der Waals surface area contributed by atoms with Crippen molar-refractivity contribution >= 4 is 38.3 Å². The zero-order valence-corrected chi connectivity index (χ0v) is 15.4. The molecule has 2 aromatic rings. The molecule has 122 valence electrons. The van der Waals surface area contributed by atoms with Crippen molar-refractivity contribution in [2.45, 2.75) is 32.2 Å². The number of amides is 1. The first-order valence-electron chi connectivity index (χ1n) is 7.83. The maximum absolute atomic E-state index is 12.3. The van der Waals surface area contributed by atoms with Crippen molar-refractivity contribution in [3.63, 3.8) is 0 Å². The van der Waals surface area contributed by atoms with E-state index in [9.17, 15) is 4.79 Å². The summed E-state index contributed by atoms with van der Waals surface area (Å²) < 4.78 is 1.08. The number of nitrogens with one attached hydrogen (secondary N) is 2. The summed E-state index contributed by atoms with van der Waals surface area (Å²) in [5.41, 5.74) is 1.24. The van der Waals surface area contributed by atoms with Gasteiger partial charge in [0.1, 0.15) is 0 Å². The van der Waals surface area contributed by atoms with Gasteiger partial charge in [0, 0.05) is 33.9 Å². The first-order chi connectivity index (χ1) is 11.1. The molecule has 23 heavy (non-hydrogen) atoms. The molecule has 2 heterocycles. The normalized spacial score (nSPS) is 21.1. The molecule has 2 atom stereocenters. The molecule has 1 amide bonds. The van der Waals surface area contributed by atoms with Crippen molar-refractivity contribution in [1.82, 2.24) is 10.3 Å². The molecular formula is C17H20BrN3OS. The van der Waals surface area contributed by atoms with Crippen LogP contribution < -0.4 is 10.6 Å². The highest BCUT2D eigenvalue weighted by molar-refractivity contribution is 9.10. The summed E-state index contributed by atoms with van der Waals surface area (Å²) in [7, 11) is 0. The molecule has 1 aliphatic rings. The number of thiazole rings is 1. The Morgan fingerprint density at radius 2 is 2.22 bits per heavy atom. The largest absolute Gasteiger partial charge is 0.314 e. The van der Waals surface area contributed by atoms with Crippen molar-refractivity contribution in [2.24, 2.45) is 5.92 Å². The second-order valence-electron chi connectivity index (χ2n) is 6.00. The van der Waals surface area contributed by atoms with Gasteiger partial charge in [-0.1, -0.05) is 28.1 Å². The number of aromatic nitrogens is 1. The van der Waals surface area contributed by atoms with Crippen LogP contribution in [-0.4, -0.2) is 23.5 Å². The fourth-order valence-electron chi connectivity index (χ4n) is 2.83. The van der Waals surface area contributed by atoms with Crippen LogP contribution in [0, 0.1) is 5.92 Å². The van der Waals surface area contributed by atoms with E-state index in [1.807, 2.05) is 18.3 Å². The Hall–Kier alpha value is -1.24. The van der Waals surface area contributed by atoms with E-state index in [2.05, 4.69) is 50.6 Å². The summed E-state index contributed by atoms with van der Waals surface area (Å²) in [6.45, 7) is 3.03. The van der Waals surface area contributed by atoms with Gasteiger partial charge in [-0.2, -0.15) is 0 Å². The number of hydrogen-bond donors (Lipinski definition) is 2. The maximum atomic E-state index is 12.3. The quantitative estimate of drug-likeness (QED) is 0.829. The molecule has 0 bridgehead atoms. The lowest BCUT2D eigenvalue weighted by Gasteiger charge is -2.26. The van der Waals surface area contributed by atoms with Crippen molar-refractivity contribution in [2.75, 3.05) is 11.9 Å². The first kappa shape index (κ1) is 16.6. The van der Waals surface area contributed by atoms with Crippen LogP contribution >= 0.6 is 27.3 Å². The fraction of sp³-hybridized carbons (Fsp3) is 0.412. The zero-order valence-electron chi connectivity index (χ0n) is 13.0. The Bertz CT molecular complexity index is 671. The van der Waals surface area contributed by atoms with E-state index < -0.39 is 0 Å². The van der Waals surface area contributed by atoms with Gasteiger partial charge in [0.2, 0.25) is 5.91 Å². The van der Waals surface area contributed by atoms with Crippen molar-refractivity contribution < 1.29 is 4.79 Å². The molecule has 0 radical (unpaired) electrons. The summed E-state index contributed by atoms with van der Waals surface area (Å²) in [5, 5.41) is 7.05. The maximum Gasteiger partial charge on any atom is 0.229 e. The van der Waals surface area contributed by atoms with Crippen LogP contribution in [0.4, 0.5) is 5.13 Å². The first-order valence-corrected chi connectivity index (χ1v) is 9.44. The third kappa shape index (κ3) is 4.62. The van der Waals surface area contributed by atoms with E-state index in [-0.39, 0.29) is 11.8 Å². The lowest BCUT2D eigenvalue weighted by Crippen LogP contribution is -2.40. The van der Waals surface area contributed by atoms with E-state index in [1.165, 1.54) is 5.56 Å². The molecule has 3 rings (SSSR count). The minimum atomic E-state index is 0.0880. The van der Waals surface area contributed by atoms with Crippen molar-refractivity contribution in [1.29, 1.82) is 0 Å². The van der Waals surface area contributed by atoms with Gasteiger partial charge in [-0.05, 0) is 44.0 Å².